The largest absolute Gasteiger partial charge is 0.302 e. The molecule has 1 aromatic heterocycles. The van der Waals surface area contributed by atoms with E-state index in [-0.39, 0.29) is 24.8 Å². The van der Waals surface area contributed by atoms with Crippen molar-refractivity contribution in [1.29, 1.82) is 0 Å². The fraction of sp³-hybridized carbons (Fsp3) is 0.444. The minimum Gasteiger partial charge on any atom is -0.280 e. The average molecular weight is 338 g/mol. The quantitative estimate of drug-likeness (QED) is 0.604. The van der Waals surface area contributed by atoms with Crippen molar-refractivity contribution in [2.24, 2.45) is 5.92 Å². The van der Waals surface area contributed by atoms with Gasteiger partial charge in [-0.2, -0.15) is 8.42 Å². The summed E-state index contributed by atoms with van der Waals surface area (Å²) in [5, 5.41) is 0. The molecule has 0 spiro atoms. The number of amides is 1. The van der Waals surface area contributed by atoms with Gasteiger partial charge >= 0.3 is 10.2 Å². The Morgan fingerprint density at radius 3 is 2.89 bits per heavy atom. The van der Waals surface area contributed by atoms with Gasteiger partial charge in [-0.25, -0.2) is 9.97 Å². The number of hydrogen-bond donors (Lipinski definition) is 0. The normalized spacial score (nSPS) is 20.4. The van der Waals surface area contributed by atoms with Gasteiger partial charge in [0.15, 0.2) is 0 Å². The average Bonchev–Trinajstić information content (AvgIpc) is 2.56. The Labute approximate surface area is 112 Å². The van der Waals surface area contributed by atoms with Crippen molar-refractivity contribution in [3.8, 4) is 0 Å². The second kappa shape index (κ2) is 4.88. The molecule has 0 aromatic carbocycles. The second-order valence-corrected chi connectivity index (χ2v) is 6.18. The van der Waals surface area contributed by atoms with Gasteiger partial charge in [0.1, 0.15) is 4.60 Å². The van der Waals surface area contributed by atoms with E-state index in [1.807, 2.05) is 0 Å². The lowest BCUT2D eigenvalue weighted by Gasteiger charge is -2.13. The van der Waals surface area contributed by atoms with Gasteiger partial charge in [-0.05, 0) is 22.0 Å². The highest BCUT2D eigenvalue weighted by Gasteiger charge is 2.34. The minimum atomic E-state index is -4.57. The minimum absolute atomic E-state index is 0.0149. The molecule has 0 aliphatic carbocycles. The lowest BCUT2D eigenvalue weighted by atomic mass is 10.1. The van der Waals surface area contributed by atoms with Crippen LogP contribution in [0.1, 0.15) is 6.42 Å². The van der Waals surface area contributed by atoms with Crippen molar-refractivity contribution in [1.82, 2.24) is 9.97 Å². The molecule has 1 aromatic rings. The van der Waals surface area contributed by atoms with E-state index in [2.05, 4.69) is 25.9 Å². The van der Waals surface area contributed by atoms with E-state index in [9.17, 15) is 17.1 Å². The summed E-state index contributed by atoms with van der Waals surface area (Å²) in [7, 11) is -4.57. The standard InChI is InChI=1S/C9H9BrFN3O3S/c10-7-1-2-12-9(13-7)14-4-6(3-8(14)15)5-18(11,16)17/h1-2,6H,3-5H2. The lowest BCUT2D eigenvalue weighted by molar-refractivity contribution is -0.117. The first-order valence-electron chi connectivity index (χ1n) is 5.06. The fourth-order valence-corrected chi connectivity index (χ4v) is 2.89. The van der Waals surface area contributed by atoms with Crippen LogP contribution in [0.4, 0.5) is 9.83 Å². The highest BCUT2D eigenvalue weighted by Crippen LogP contribution is 2.24. The Morgan fingerprint density at radius 2 is 2.28 bits per heavy atom. The molecule has 1 fully saturated rings. The van der Waals surface area contributed by atoms with Crippen LogP contribution >= 0.6 is 15.9 Å². The van der Waals surface area contributed by atoms with E-state index >= 15 is 0 Å². The van der Waals surface area contributed by atoms with Crippen LogP contribution in [0, 0.1) is 5.92 Å². The first kappa shape index (κ1) is 13.3. The van der Waals surface area contributed by atoms with Crippen LogP contribution in [0.25, 0.3) is 0 Å². The second-order valence-electron chi connectivity index (χ2n) is 3.96. The molecule has 1 aliphatic rings. The summed E-state index contributed by atoms with van der Waals surface area (Å²) >= 11 is 3.15. The SMILES string of the molecule is O=C1CC(CS(=O)(=O)F)CN1c1nccc(Br)n1. The first-order chi connectivity index (χ1) is 8.35. The van der Waals surface area contributed by atoms with E-state index < -0.39 is 21.9 Å². The van der Waals surface area contributed by atoms with E-state index in [0.29, 0.717) is 4.60 Å². The maximum absolute atomic E-state index is 12.6. The molecule has 98 valence electrons. The topological polar surface area (TPSA) is 80.2 Å². The number of carbonyl (C=O) groups excluding carboxylic acids is 1. The van der Waals surface area contributed by atoms with Crippen LogP contribution in [0.5, 0.6) is 0 Å². The number of anilines is 1. The van der Waals surface area contributed by atoms with Crippen molar-refractivity contribution in [3.05, 3.63) is 16.9 Å². The monoisotopic (exact) mass is 337 g/mol. The van der Waals surface area contributed by atoms with Crippen molar-refractivity contribution < 1.29 is 17.1 Å². The molecule has 1 atom stereocenters. The molecular weight excluding hydrogens is 329 g/mol. The predicted molar refractivity (Wildman–Crippen MR) is 65.1 cm³/mol. The molecule has 1 saturated heterocycles. The van der Waals surface area contributed by atoms with Gasteiger partial charge in [-0.3, -0.25) is 9.69 Å². The summed E-state index contributed by atoms with van der Waals surface area (Å²) in [6, 6.07) is 1.60. The third kappa shape index (κ3) is 3.22. The molecule has 0 bridgehead atoms. The van der Waals surface area contributed by atoms with E-state index in [1.54, 1.807) is 6.07 Å². The van der Waals surface area contributed by atoms with Crippen LogP contribution in [0.3, 0.4) is 0 Å². The Balaban J connectivity index is 2.15. The van der Waals surface area contributed by atoms with E-state index in [0.717, 1.165) is 0 Å². The Kier molecular flexibility index (Phi) is 3.62. The van der Waals surface area contributed by atoms with Crippen LogP contribution in [0.15, 0.2) is 16.9 Å². The lowest BCUT2D eigenvalue weighted by Crippen LogP contribution is -2.27. The number of aromatic nitrogens is 2. The van der Waals surface area contributed by atoms with Crippen LogP contribution in [-0.4, -0.2) is 36.6 Å². The molecule has 0 saturated carbocycles. The zero-order valence-electron chi connectivity index (χ0n) is 9.08. The summed E-state index contributed by atoms with van der Waals surface area (Å²) < 4.78 is 34.2. The van der Waals surface area contributed by atoms with Gasteiger partial charge in [0.25, 0.3) is 0 Å². The molecule has 1 aliphatic heterocycles. The fourth-order valence-electron chi connectivity index (χ4n) is 1.83. The summed E-state index contributed by atoms with van der Waals surface area (Å²) in [5.41, 5.74) is 0. The molecule has 2 rings (SSSR count). The van der Waals surface area contributed by atoms with E-state index in [4.69, 9.17) is 0 Å². The molecule has 2 heterocycles. The third-order valence-electron chi connectivity index (χ3n) is 2.49. The molecule has 6 nitrogen and oxygen atoms in total. The number of rotatable bonds is 3. The van der Waals surface area contributed by atoms with Gasteiger partial charge in [0.2, 0.25) is 11.9 Å². The highest BCUT2D eigenvalue weighted by atomic mass is 79.9. The Morgan fingerprint density at radius 1 is 1.56 bits per heavy atom. The molecule has 1 unspecified atom stereocenters. The summed E-state index contributed by atoms with van der Waals surface area (Å²) in [6.45, 7) is 0.110. The summed E-state index contributed by atoms with van der Waals surface area (Å²) in [6.07, 6.45) is 1.46. The maximum Gasteiger partial charge on any atom is 0.302 e. The molecular formula is C9H9BrFN3O3S. The molecule has 0 radical (unpaired) electrons. The van der Waals surface area contributed by atoms with Gasteiger partial charge < -0.3 is 0 Å². The van der Waals surface area contributed by atoms with Crippen LogP contribution < -0.4 is 4.90 Å². The van der Waals surface area contributed by atoms with Gasteiger partial charge in [-0.1, -0.05) is 0 Å². The maximum atomic E-state index is 12.6. The number of hydrogen-bond acceptors (Lipinski definition) is 5. The molecule has 9 heteroatoms. The predicted octanol–water partition coefficient (Wildman–Crippen LogP) is 0.891. The number of carbonyl (C=O) groups is 1. The molecule has 1 amide bonds. The summed E-state index contributed by atoms with van der Waals surface area (Å²) in [5.74, 6) is -1.33. The zero-order chi connectivity index (χ0) is 13.3. The van der Waals surface area contributed by atoms with Crippen molar-refractivity contribution in [2.45, 2.75) is 6.42 Å². The summed E-state index contributed by atoms with van der Waals surface area (Å²) in [4.78, 5) is 20.9. The molecule has 18 heavy (non-hydrogen) atoms. The van der Waals surface area contributed by atoms with Crippen LogP contribution in [-0.2, 0) is 15.0 Å². The Hall–Kier alpha value is -1.09. The third-order valence-corrected chi connectivity index (χ3v) is 3.80. The smallest absolute Gasteiger partial charge is 0.280 e. The van der Waals surface area contributed by atoms with Crippen molar-refractivity contribution in [2.75, 3.05) is 17.2 Å². The highest BCUT2D eigenvalue weighted by molar-refractivity contribution is 9.10. The van der Waals surface area contributed by atoms with Crippen LogP contribution in [0.2, 0.25) is 0 Å². The van der Waals surface area contributed by atoms with Gasteiger partial charge in [0, 0.05) is 25.1 Å². The van der Waals surface area contributed by atoms with E-state index in [1.165, 1.54) is 11.1 Å². The first-order valence-corrected chi connectivity index (χ1v) is 7.41. The zero-order valence-corrected chi connectivity index (χ0v) is 11.5. The molecule has 0 N–H and O–H groups in total. The van der Waals surface area contributed by atoms with Crippen molar-refractivity contribution in [3.63, 3.8) is 0 Å². The van der Waals surface area contributed by atoms with Gasteiger partial charge in [0.05, 0.1) is 5.75 Å². The van der Waals surface area contributed by atoms with Crippen molar-refractivity contribution >= 4 is 38.0 Å². The number of halogens is 2. The Bertz CT molecular complexity index is 580. The van der Waals surface area contributed by atoms with Gasteiger partial charge in [-0.15, -0.1) is 3.89 Å². The number of nitrogens with zero attached hydrogens (tertiary/aromatic N) is 3.